The Morgan fingerprint density at radius 1 is 1.26 bits per heavy atom. The number of halogens is 1. The first-order chi connectivity index (χ1) is 9.17. The number of nitrogens with two attached hydrogens (primary N) is 1. The van der Waals surface area contributed by atoms with Gasteiger partial charge in [0.1, 0.15) is 0 Å². The molecule has 4 heteroatoms. The van der Waals surface area contributed by atoms with Gasteiger partial charge >= 0.3 is 0 Å². The van der Waals surface area contributed by atoms with Gasteiger partial charge in [-0.1, -0.05) is 23.7 Å². The molecule has 19 heavy (non-hydrogen) atoms. The zero-order valence-corrected chi connectivity index (χ0v) is 12.0. The molecule has 2 aliphatic rings. The summed E-state index contributed by atoms with van der Waals surface area (Å²) in [6, 6.07) is 6.36. The van der Waals surface area contributed by atoms with Gasteiger partial charge in [-0.15, -0.1) is 0 Å². The highest BCUT2D eigenvalue weighted by Gasteiger charge is 2.34. The maximum atomic E-state index is 6.42. The minimum atomic E-state index is -0.124. The van der Waals surface area contributed by atoms with Crippen LogP contribution in [0.1, 0.15) is 30.4 Å². The third-order valence-electron chi connectivity index (χ3n) is 4.37. The average Bonchev–Trinajstić information content (AvgIpc) is 2.39. The molecule has 0 atom stereocenters. The highest BCUT2D eigenvalue weighted by atomic mass is 35.5. The molecule has 1 aromatic carbocycles. The van der Waals surface area contributed by atoms with E-state index < -0.39 is 0 Å². The molecule has 1 aliphatic carbocycles. The number of nitrogens with zero attached hydrogens (tertiary/aromatic N) is 1. The second-order valence-corrected chi connectivity index (χ2v) is 6.11. The number of benzene rings is 1. The molecule has 1 saturated heterocycles. The lowest BCUT2D eigenvalue weighted by Crippen LogP contribution is -2.43. The summed E-state index contributed by atoms with van der Waals surface area (Å²) in [5.74, 6) is 0. The topological polar surface area (TPSA) is 38.5 Å². The quantitative estimate of drug-likeness (QED) is 0.925. The van der Waals surface area contributed by atoms with Crippen molar-refractivity contribution in [3.63, 3.8) is 0 Å². The molecule has 104 valence electrons. The second-order valence-electron chi connectivity index (χ2n) is 5.70. The number of hydrogen-bond donors (Lipinski definition) is 1. The van der Waals surface area contributed by atoms with Crippen molar-refractivity contribution in [3.8, 4) is 0 Å². The van der Waals surface area contributed by atoms with Crippen LogP contribution in [0.5, 0.6) is 0 Å². The van der Waals surface area contributed by atoms with E-state index in [0.29, 0.717) is 0 Å². The van der Waals surface area contributed by atoms with Crippen LogP contribution in [0, 0.1) is 0 Å². The van der Waals surface area contributed by atoms with Gasteiger partial charge in [0.05, 0.1) is 13.2 Å². The van der Waals surface area contributed by atoms with Crippen LogP contribution >= 0.6 is 11.6 Å². The number of hydrogen-bond acceptors (Lipinski definition) is 3. The van der Waals surface area contributed by atoms with Crippen LogP contribution in [0.3, 0.4) is 0 Å². The van der Waals surface area contributed by atoms with Gasteiger partial charge in [-0.05, 0) is 36.5 Å². The first-order valence-electron chi connectivity index (χ1n) is 7.05. The van der Waals surface area contributed by atoms with E-state index in [1.807, 2.05) is 0 Å². The number of morpholine rings is 1. The van der Waals surface area contributed by atoms with Crippen molar-refractivity contribution in [1.29, 1.82) is 0 Å². The molecule has 2 fully saturated rings. The van der Waals surface area contributed by atoms with Crippen LogP contribution in [0.15, 0.2) is 18.2 Å². The van der Waals surface area contributed by atoms with Gasteiger partial charge in [0.25, 0.3) is 0 Å². The highest BCUT2D eigenvalue weighted by molar-refractivity contribution is 6.31. The third kappa shape index (κ3) is 2.79. The summed E-state index contributed by atoms with van der Waals surface area (Å²) in [6.45, 7) is 4.51. The Hall–Kier alpha value is -0.610. The standard InChI is InChI=1S/C15H21ClN2O/c16-14-10-13(15(17)4-1-5-15)3-2-12(14)11-18-6-8-19-9-7-18/h2-3,10H,1,4-9,11,17H2. The summed E-state index contributed by atoms with van der Waals surface area (Å²) in [6.07, 6.45) is 3.38. The van der Waals surface area contributed by atoms with E-state index in [2.05, 4.69) is 23.1 Å². The molecular formula is C15H21ClN2O. The Bertz CT molecular complexity index is 453. The van der Waals surface area contributed by atoms with Crippen molar-refractivity contribution in [3.05, 3.63) is 34.3 Å². The monoisotopic (exact) mass is 280 g/mol. The predicted octanol–water partition coefficient (Wildman–Crippen LogP) is 2.51. The molecule has 0 bridgehead atoms. The van der Waals surface area contributed by atoms with E-state index in [9.17, 15) is 0 Å². The van der Waals surface area contributed by atoms with E-state index in [1.165, 1.54) is 17.5 Å². The van der Waals surface area contributed by atoms with Gasteiger partial charge in [-0.25, -0.2) is 0 Å². The van der Waals surface area contributed by atoms with E-state index >= 15 is 0 Å². The molecule has 0 aromatic heterocycles. The SMILES string of the molecule is NC1(c2ccc(CN3CCOCC3)c(Cl)c2)CCC1. The molecule has 0 amide bonds. The van der Waals surface area contributed by atoms with Crippen molar-refractivity contribution in [2.75, 3.05) is 26.3 Å². The summed E-state index contributed by atoms with van der Waals surface area (Å²) in [5, 5.41) is 0.848. The Kier molecular flexibility index (Phi) is 3.81. The van der Waals surface area contributed by atoms with E-state index in [1.54, 1.807) is 0 Å². The maximum absolute atomic E-state index is 6.42. The minimum Gasteiger partial charge on any atom is -0.379 e. The normalized spacial score (nSPS) is 23.1. The zero-order chi connectivity index (χ0) is 13.3. The largest absolute Gasteiger partial charge is 0.379 e. The maximum Gasteiger partial charge on any atom is 0.0594 e. The van der Waals surface area contributed by atoms with Crippen LogP contribution in [-0.2, 0) is 16.8 Å². The van der Waals surface area contributed by atoms with Gasteiger partial charge in [0.15, 0.2) is 0 Å². The molecule has 0 unspecified atom stereocenters. The Morgan fingerprint density at radius 2 is 2.00 bits per heavy atom. The summed E-state index contributed by atoms with van der Waals surface area (Å²) in [5.41, 5.74) is 8.60. The third-order valence-corrected chi connectivity index (χ3v) is 4.72. The van der Waals surface area contributed by atoms with Crippen molar-refractivity contribution in [1.82, 2.24) is 4.90 Å². The number of rotatable bonds is 3. The average molecular weight is 281 g/mol. The molecule has 0 spiro atoms. The van der Waals surface area contributed by atoms with Crippen LogP contribution in [0.2, 0.25) is 5.02 Å². The fourth-order valence-corrected chi connectivity index (χ4v) is 3.07. The highest BCUT2D eigenvalue weighted by Crippen LogP contribution is 2.39. The molecule has 0 radical (unpaired) electrons. The fraction of sp³-hybridized carbons (Fsp3) is 0.600. The Labute approximate surface area is 119 Å². The smallest absolute Gasteiger partial charge is 0.0594 e. The van der Waals surface area contributed by atoms with Crippen molar-refractivity contribution in [2.24, 2.45) is 5.73 Å². The van der Waals surface area contributed by atoms with Crippen molar-refractivity contribution < 1.29 is 4.74 Å². The van der Waals surface area contributed by atoms with Gasteiger partial charge in [-0.3, -0.25) is 4.90 Å². The van der Waals surface area contributed by atoms with Crippen LogP contribution in [0.4, 0.5) is 0 Å². The van der Waals surface area contributed by atoms with E-state index in [0.717, 1.165) is 50.7 Å². The Morgan fingerprint density at radius 3 is 2.58 bits per heavy atom. The predicted molar refractivity (Wildman–Crippen MR) is 77.3 cm³/mol. The zero-order valence-electron chi connectivity index (χ0n) is 11.2. The van der Waals surface area contributed by atoms with Crippen LogP contribution < -0.4 is 5.73 Å². The van der Waals surface area contributed by atoms with Gasteiger partial charge in [-0.2, -0.15) is 0 Å². The lowest BCUT2D eigenvalue weighted by Gasteiger charge is -2.39. The summed E-state index contributed by atoms with van der Waals surface area (Å²) in [7, 11) is 0. The molecule has 1 aliphatic heterocycles. The summed E-state index contributed by atoms with van der Waals surface area (Å²) in [4.78, 5) is 2.38. The molecule has 1 aromatic rings. The van der Waals surface area contributed by atoms with E-state index in [-0.39, 0.29) is 5.54 Å². The first-order valence-corrected chi connectivity index (χ1v) is 7.43. The van der Waals surface area contributed by atoms with Gasteiger partial charge < -0.3 is 10.5 Å². The second kappa shape index (κ2) is 5.41. The van der Waals surface area contributed by atoms with Crippen LogP contribution in [0.25, 0.3) is 0 Å². The summed E-state index contributed by atoms with van der Waals surface area (Å²) < 4.78 is 5.36. The molecular weight excluding hydrogens is 260 g/mol. The molecule has 3 nitrogen and oxygen atoms in total. The number of ether oxygens (including phenoxy) is 1. The Balaban J connectivity index is 1.72. The summed E-state index contributed by atoms with van der Waals surface area (Å²) >= 11 is 6.42. The fourth-order valence-electron chi connectivity index (χ4n) is 2.83. The lowest BCUT2D eigenvalue weighted by molar-refractivity contribution is 0.0342. The molecule has 2 N–H and O–H groups in total. The van der Waals surface area contributed by atoms with Crippen LogP contribution in [-0.4, -0.2) is 31.2 Å². The first kappa shape index (κ1) is 13.4. The lowest BCUT2D eigenvalue weighted by atomic mass is 9.73. The molecule has 3 rings (SSSR count). The van der Waals surface area contributed by atoms with Crippen molar-refractivity contribution >= 4 is 11.6 Å². The van der Waals surface area contributed by atoms with Gasteiger partial charge in [0.2, 0.25) is 0 Å². The van der Waals surface area contributed by atoms with Crippen molar-refractivity contribution in [2.45, 2.75) is 31.3 Å². The minimum absolute atomic E-state index is 0.124. The molecule has 1 heterocycles. The molecule has 1 saturated carbocycles. The van der Waals surface area contributed by atoms with Gasteiger partial charge in [0, 0.05) is 30.2 Å². The van der Waals surface area contributed by atoms with E-state index in [4.69, 9.17) is 22.1 Å².